The van der Waals surface area contributed by atoms with Crippen LogP contribution in [-0.2, 0) is 9.84 Å². The molecule has 4 nitrogen and oxygen atoms in total. The number of hydrogen-bond donors (Lipinski definition) is 2. The first kappa shape index (κ1) is 16.0. The molecule has 1 atom stereocenters. The molecule has 1 saturated carbocycles. The maximum absolute atomic E-state index is 13.1. The van der Waals surface area contributed by atoms with Gasteiger partial charge in [-0.2, -0.15) is 13.2 Å². The molecule has 0 radical (unpaired) electrons. The number of anilines is 1. The van der Waals surface area contributed by atoms with Gasteiger partial charge in [0.25, 0.3) is 9.84 Å². The van der Waals surface area contributed by atoms with E-state index in [1.165, 1.54) is 0 Å². The Balaban J connectivity index is 2.29. The molecule has 0 spiro atoms. The smallest absolute Gasteiger partial charge is 0.391 e. The highest BCUT2D eigenvalue weighted by Crippen LogP contribution is 2.36. The van der Waals surface area contributed by atoms with E-state index in [0.717, 1.165) is 25.0 Å². The predicted molar refractivity (Wildman–Crippen MR) is 66.9 cm³/mol. The van der Waals surface area contributed by atoms with Crippen LogP contribution in [0.4, 0.5) is 23.2 Å². The average molecular weight is 327 g/mol. The number of alkyl halides is 3. The van der Waals surface area contributed by atoms with Crippen LogP contribution in [0, 0.1) is 11.7 Å². The molecular weight excluding hydrogens is 314 g/mol. The highest BCUT2D eigenvalue weighted by molar-refractivity contribution is 7.92. The van der Waals surface area contributed by atoms with E-state index in [1.54, 1.807) is 0 Å². The highest BCUT2D eigenvalue weighted by atomic mass is 32.2. The van der Waals surface area contributed by atoms with Gasteiger partial charge in [-0.25, -0.2) is 12.8 Å². The van der Waals surface area contributed by atoms with Crippen molar-refractivity contribution >= 4 is 15.5 Å². The fourth-order valence-electron chi connectivity index (χ4n) is 1.85. The summed E-state index contributed by atoms with van der Waals surface area (Å²) in [4.78, 5) is -1.18. The summed E-state index contributed by atoms with van der Waals surface area (Å²) in [5.74, 6) is -1.02. The summed E-state index contributed by atoms with van der Waals surface area (Å²) in [6, 6.07) is 2.07. The Kier molecular flexibility index (Phi) is 4.16. The number of benzene rings is 1. The molecule has 0 bridgehead atoms. The number of sulfone groups is 1. The monoisotopic (exact) mass is 327 g/mol. The van der Waals surface area contributed by atoms with Gasteiger partial charge in [-0.3, -0.25) is 0 Å². The zero-order chi connectivity index (χ0) is 15.8. The van der Waals surface area contributed by atoms with Crippen LogP contribution in [0.1, 0.15) is 12.8 Å². The molecule has 0 saturated heterocycles. The summed E-state index contributed by atoms with van der Waals surface area (Å²) in [5, 5.41) is 12.1. The highest BCUT2D eigenvalue weighted by Gasteiger charge is 2.48. The van der Waals surface area contributed by atoms with Gasteiger partial charge in [-0.15, -0.1) is 0 Å². The van der Waals surface area contributed by atoms with Crippen molar-refractivity contribution in [2.75, 3.05) is 11.9 Å². The van der Waals surface area contributed by atoms with Crippen molar-refractivity contribution in [3.05, 3.63) is 24.0 Å². The van der Waals surface area contributed by atoms with Crippen LogP contribution in [0.3, 0.4) is 0 Å². The molecule has 118 valence electrons. The summed E-state index contributed by atoms with van der Waals surface area (Å²) in [5.41, 5.74) is -5.90. The Morgan fingerprint density at radius 1 is 1.33 bits per heavy atom. The van der Waals surface area contributed by atoms with E-state index in [4.69, 9.17) is 0 Å². The van der Waals surface area contributed by atoms with Crippen molar-refractivity contribution in [1.82, 2.24) is 0 Å². The average Bonchev–Trinajstić information content (AvgIpc) is 3.19. The largest absolute Gasteiger partial charge is 0.501 e. The van der Waals surface area contributed by atoms with Crippen molar-refractivity contribution in [1.29, 1.82) is 0 Å². The molecule has 1 fully saturated rings. The summed E-state index contributed by atoms with van der Waals surface area (Å²) < 4.78 is 73.7. The Morgan fingerprint density at radius 3 is 2.48 bits per heavy atom. The van der Waals surface area contributed by atoms with Crippen LogP contribution < -0.4 is 5.32 Å². The first-order valence-electron chi connectivity index (χ1n) is 6.16. The van der Waals surface area contributed by atoms with E-state index in [1.807, 2.05) is 0 Å². The second-order valence-corrected chi connectivity index (χ2v) is 6.78. The van der Waals surface area contributed by atoms with Gasteiger partial charge >= 0.3 is 5.51 Å². The Hall–Kier alpha value is -1.35. The fraction of sp³-hybridized carbons (Fsp3) is 0.500. The summed E-state index contributed by atoms with van der Waals surface area (Å²) in [7, 11) is -5.67. The van der Waals surface area contributed by atoms with Crippen molar-refractivity contribution in [3.8, 4) is 0 Å². The number of aliphatic hydroxyl groups is 1. The molecule has 0 aromatic heterocycles. The fourth-order valence-corrected chi connectivity index (χ4v) is 2.80. The van der Waals surface area contributed by atoms with E-state index >= 15 is 0 Å². The molecule has 1 aromatic rings. The number of rotatable bonds is 5. The molecule has 21 heavy (non-hydrogen) atoms. The van der Waals surface area contributed by atoms with Crippen LogP contribution >= 0.6 is 0 Å². The van der Waals surface area contributed by atoms with Gasteiger partial charge in [0, 0.05) is 6.54 Å². The Morgan fingerprint density at radius 2 is 1.95 bits per heavy atom. The number of hydrogen-bond acceptors (Lipinski definition) is 4. The minimum absolute atomic E-state index is 0.0700. The zero-order valence-electron chi connectivity index (χ0n) is 10.7. The SMILES string of the molecule is O=S(=O)(c1cc(F)ccc1NCC(O)C1CC1)C(F)(F)F. The third-order valence-corrected chi connectivity index (χ3v) is 4.73. The first-order valence-corrected chi connectivity index (χ1v) is 7.64. The lowest BCUT2D eigenvalue weighted by Gasteiger charge is -2.16. The van der Waals surface area contributed by atoms with E-state index < -0.39 is 32.2 Å². The van der Waals surface area contributed by atoms with Crippen molar-refractivity contribution in [2.45, 2.75) is 29.3 Å². The predicted octanol–water partition coefficient (Wildman–Crippen LogP) is 2.30. The molecule has 2 rings (SSSR count). The second-order valence-electron chi connectivity index (χ2n) is 4.88. The summed E-state index contributed by atoms with van der Waals surface area (Å²) >= 11 is 0. The van der Waals surface area contributed by atoms with Crippen LogP contribution in [0.2, 0.25) is 0 Å². The topological polar surface area (TPSA) is 66.4 Å². The van der Waals surface area contributed by atoms with Crippen LogP contribution in [0.25, 0.3) is 0 Å². The molecule has 0 amide bonds. The van der Waals surface area contributed by atoms with Gasteiger partial charge in [-0.1, -0.05) is 0 Å². The van der Waals surface area contributed by atoms with E-state index in [0.29, 0.717) is 6.07 Å². The summed E-state index contributed by atoms with van der Waals surface area (Å²) in [6.45, 7) is -0.101. The number of aliphatic hydroxyl groups excluding tert-OH is 1. The van der Waals surface area contributed by atoms with Gasteiger partial charge in [-0.05, 0) is 37.0 Å². The second kappa shape index (κ2) is 5.45. The third-order valence-electron chi connectivity index (χ3n) is 3.21. The normalized spacial score (nSPS) is 17.6. The standard InChI is InChI=1S/C12H13F4NO3S/c13-8-3-4-9(17-6-10(18)7-1-2-7)11(5-8)21(19,20)12(14,15)16/h3-5,7,10,17-18H,1-2,6H2. The molecule has 0 heterocycles. The minimum Gasteiger partial charge on any atom is -0.391 e. The molecule has 0 aliphatic heterocycles. The van der Waals surface area contributed by atoms with Crippen LogP contribution in [0.5, 0.6) is 0 Å². The van der Waals surface area contributed by atoms with Gasteiger partial charge < -0.3 is 10.4 Å². The lowest BCUT2D eigenvalue weighted by Crippen LogP contribution is -2.26. The van der Waals surface area contributed by atoms with Crippen LogP contribution in [-0.4, -0.2) is 31.7 Å². The van der Waals surface area contributed by atoms with Gasteiger partial charge in [0.1, 0.15) is 10.7 Å². The number of nitrogens with one attached hydrogen (secondary N) is 1. The molecule has 1 unspecified atom stereocenters. The molecule has 9 heteroatoms. The Labute approximate surface area is 118 Å². The molecule has 1 aliphatic carbocycles. The first-order chi connectivity index (χ1) is 9.63. The third kappa shape index (κ3) is 3.46. The quantitative estimate of drug-likeness (QED) is 0.815. The maximum atomic E-state index is 13.1. The van der Waals surface area contributed by atoms with Crippen molar-refractivity contribution in [2.24, 2.45) is 5.92 Å². The minimum atomic E-state index is -5.67. The zero-order valence-corrected chi connectivity index (χ0v) is 11.5. The van der Waals surface area contributed by atoms with Gasteiger partial charge in [0.2, 0.25) is 0 Å². The molecular formula is C12H13F4NO3S. The lowest BCUT2D eigenvalue weighted by atomic mass is 10.2. The molecule has 1 aliphatic rings. The molecule has 2 N–H and O–H groups in total. The van der Waals surface area contributed by atoms with Crippen molar-refractivity contribution in [3.63, 3.8) is 0 Å². The van der Waals surface area contributed by atoms with Crippen LogP contribution in [0.15, 0.2) is 23.1 Å². The van der Waals surface area contributed by atoms with E-state index in [2.05, 4.69) is 5.32 Å². The van der Waals surface area contributed by atoms with E-state index in [9.17, 15) is 31.1 Å². The molecule has 1 aromatic carbocycles. The number of halogens is 4. The van der Waals surface area contributed by atoms with Gasteiger partial charge in [0.15, 0.2) is 0 Å². The van der Waals surface area contributed by atoms with Crippen molar-refractivity contribution < 1.29 is 31.1 Å². The Bertz CT molecular complexity index is 626. The summed E-state index contributed by atoms with van der Waals surface area (Å²) in [6.07, 6.45) is 0.858. The lowest BCUT2D eigenvalue weighted by molar-refractivity contribution is -0.0435. The van der Waals surface area contributed by atoms with Gasteiger partial charge in [0.05, 0.1) is 11.8 Å². The van der Waals surface area contributed by atoms with E-state index in [-0.39, 0.29) is 18.2 Å². The maximum Gasteiger partial charge on any atom is 0.501 e.